The molecule has 27 heavy (non-hydrogen) atoms. The highest BCUT2D eigenvalue weighted by molar-refractivity contribution is 6.03. The average molecular weight is 364 g/mol. The van der Waals surface area contributed by atoms with Crippen LogP contribution in [0.25, 0.3) is 10.9 Å². The van der Waals surface area contributed by atoms with Gasteiger partial charge in [-0.3, -0.25) is 9.59 Å². The Morgan fingerprint density at radius 3 is 2.56 bits per heavy atom. The first-order chi connectivity index (χ1) is 13.0. The van der Waals surface area contributed by atoms with E-state index in [-0.39, 0.29) is 11.5 Å². The van der Waals surface area contributed by atoms with Crippen molar-refractivity contribution >= 4 is 22.8 Å². The number of fused-ring (bicyclic) bond motifs is 1. The van der Waals surface area contributed by atoms with Gasteiger partial charge in [0.2, 0.25) is 5.56 Å². The molecule has 3 aromatic rings. The Balaban J connectivity index is 1.62. The molecule has 0 saturated carbocycles. The summed E-state index contributed by atoms with van der Waals surface area (Å²) < 4.78 is 5.26. The number of aromatic amines is 1. The molecule has 6 nitrogen and oxygen atoms in total. The second kappa shape index (κ2) is 8.31. The van der Waals surface area contributed by atoms with Crippen molar-refractivity contribution in [2.45, 2.75) is 19.4 Å². The van der Waals surface area contributed by atoms with Crippen LogP contribution >= 0.6 is 0 Å². The molecule has 6 heteroatoms. The van der Waals surface area contributed by atoms with E-state index >= 15 is 0 Å². The van der Waals surface area contributed by atoms with Crippen molar-refractivity contribution in [3.05, 3.63) is 82.1 Å². The van der Waals surface area contributed by atoms with Gasteiger partial charge >= 0.3 is 5.97 Å². The van der Waals surface area contributed by atoms with Gasteiger partial charge in [-0.1, -0.05) is 48.5 Å². The van der Waals surface area contributed by atoms with Gasteiger partial charge in [0.15, 0.2) is 6.10 Å². The third-order valence-corrected chi connectivity index (χ3v) is 4.18. The van der Waals surface area contributed by atoms with E-state index in [9.17, 15) is 14.4 Å². The van der Waals surface area contributed by atoms with E-state index in [2.05, 4.69) is 10.3 Å². The van der Waals surface area contributed by atoms with Crippen LogP contribution in [0.15, 0.2) is 65.5 Å². The molecule has 0 aliphatic rings. The van der Waals surface area contributed by atoms with Crippen LogP contribution in [0, 0.1) is 0 Å². The summed E-state index contributed by atoms with van der Waals surface area (Å²) in [4.78, 5) is 39.1. The van der Waals surface area contributed by atoms with Gasteiger partial charge in [-0.05, 0) is 25.0 Å². The van der Waals surface area contributed by atoms with Crippen LogP contribution in [0.4, 0.5) is 0 Å². The van der Waals surface area contributed by atoms with Crippen LogP contribution in [0.2, 0.25) is 0 Å². The molecule has 3 rings (SSSR count). The van der Waals surface area contributed by atoms with Gasteiger partial charge in [0.25, 0.3) is 5.91 Å². The summed E-state index contributed by atoms with van der Waals surface area (Å²) in [6.07, 6.45) is -0.280. The monoisotopic (exact) mass is 364 g/mol. The Kier molecular flexibility index (Phi) is 5.66. The first-order valence-corrected chi connectivity index (χ1v) is 8.69. The maximum absolute atomic E-state index is 12.5. The number of hydrogen-bond donors (Lipinski definition) is 2. The highest BCUT2D eigenvalue weighted by Gasteiger charge is 2.20. The van der Waals surface area contributed by atoms with E-state index < -0.39 is 17.6 Å². The summed E-state index contributed by atoms with van der Waals surface area (Å²) in [6.45, 7) is 1.95. The number of nitrogens with one attached hydrogen (secondary N) is 2. The number of H-pyrrole nitrogens is 1. The van der Waals surface area contributed by atoms with Gasteiger partial charge < -0.3 is 15.0 Å². The van der Waals surface area contributed by atoms with E-state index in [0.29, 0.717) is 23.9 Å². The third-order valence-electron chi connectivity index (χ3n) is 4.18. The van der Waals surface area contributed by atoms with Gasteiger partial charge in [0.1, 0.15) is 0 Å². The molecule has 2 N–H and O–H groups in total. The molecular formula is C21H20N2O4. The summed E-state index contributed by atoms with van der Waals surface area (Å²) in [7, 11) is 0. The van der Waals surface area contributed by atoms with Crippen molar-refractivity contribution in [1.82, 2.24) is 10.3 Å². The van der Waals surface area contributed by atoms with E-state index in [1.54, 1.807) is 24.3 Å². The molecule has 0 unspecified atom stereocenters. The fourth-order valence-corrected chi connectivity index (χ4v) is 2.77. The van der Waals surface area contributed by atoms with Gasteiger partial charge in [0.05, 0.1) is 5.56 Å². The van der Waals surface area contributed by atoms with E-state index in [0.717, 1.165) is 5.56 Å². The minimum Gasteiger partial charge on any atom is -0.449 e. The second-order valence-electron chi connectivity index (χ2n) is 6.17. The lowest BCUT2D eigenvalue weighted by Crippen LogP contribution is -2.37. The lowest BCUT2D eigenvalue weighted by molar-refractivity contribution is -0.129. The van der Waals surface area contributed by atoms with Crippen molar-refractivity contribution in [3.8, 4) is 0 Å². The topological polar surface area (TPSA) is 88.3 Å². The molecular weight excluding hydrogens is 344 g/mol. The summed E-state index contributed by atoms with van der Waals surface area (Å²) in [5, 5.41) is 3.32. The van der Waals surface area contributed by atoms with E-state index in [1.165, 1.54) is 13.0 Å². The molecule has 0 fully saturated rings. The number of esters is 1. The maximum Gasteiger partial charge on any atom is 0.339 e. The normalized spacial score (nSPS) is 11.7. The molecule has 0 saturated heterocycles. The van der Waals surface area contributed by atoms with Crippen molar-refractivity contribution in [2.75, 3.05) is 6.54 Å². The Bertz CT molecular complexity index is 1010. The van der Waals surface area contributed by atoms with Crippen molar-refractivity contribution in [3.63, 3.8) is 0 Å². The molecule has 0 spiro atoms. The molecule has 1 aromatic heterocycles. The fourth-order valence-electron chi connectivity index (χ4n) is 2.77. The van der Waals surface area contributed by atoms with Gasteiger partial charge in [-0.2, -0.15) is 0 Å². The highest BCUT2D eigenvalue weighted by Crippen LogP contribution is 2.16. The molecule has 1 amide bonds. The van der Waals surface area contributed by atoms with Crippen LogP contribution < -0.4 is 10.9 Å². The number of benzene rings is 2. The SMILES string of the molecule is C[C@H](OC(=O)c1cc(=O)[nH]c2ccccc12)C(=O)NCCc1ccccc1. The predicted molar refractivity (Wildman–Crippen MR) is 103 cm³/mol. The Morgan fingerprint density at radius 1 is 1.07 bits per heavy atom. The van der Waals surface area contributed by atoms with Crippen molar-refractivity contribution < 1.29 is 14.3 Å². The first-order valence-electron chi connectivity index (χ1n) is 8.69. The Labute approximate surface area is 156 Å². The van der Waals surface area contributed by atoms with Crippen LogP contribution in [0.3, 0.4) is 0 Å². The summed E-state index contributed by atoms with van der Waals surface area (Å²) >= 11 is 0. The van der Waals surface area contributed by atoms with Crippen LogP contribution in [0.1, 0.15) is 22.8 Å². The quantitative estimate of drug-likeness (QED) is 0.658. The molecule has 1 atom stereocenters. The lowest BCUT2D eigenvalue weighted by atomic mass is 10.1. The number of aromatic nitrogens is 1. The minimum atomic E-state index is -0.966. The average Bonchev–Trinajstić information content (AvgIpc) is 2.67. The number of carbonyl (C=O) groups excluding carboxylic acids is 2. The lowest BCUT2D eigenvalue weighted by Gasteiger charge is -2.14. The van der Waals surface area contributed by atoms with Crippen LogP contribution in [0.5, 0.6) is 0 Å². The first kappa shape index (κ1) is 18.4. The zero-order chi connectivity index (χ0) is 19.2. The molecule has 0 aliphatic heterocycles. The maximum atomic E-state index is 12.5. The highest BCUT2D eigenvalue weighted by atomic mass is 16.5. The fraction of sp³-hybridized carbons (Fsp3) is 0.190. The second-order valence-corrected chi connectivity index (χ2v) is 6.17. The van der Waals surface area contributed by atoms with Crippen molar-refractivity contribution in [2.24, 2.45) is 0 Å². The predicted octanol–water partition coefficient (Wildman–Crippen LogP) is 2.43. The molecule has 1 heterocycles. The third kappa shape index (κ3) is 4.61. The van der Waals surface area contributed by atoms with Gasteiger partial charge in [-0.15, -0.1) is 0 Å². The minimum absolute atomic E-state index is 0.137. The van der Waals surface area contributed by atoms with Crippen LogP contribution in [-0.2, 0) is 16.0 Å². The molecule has 0 aliphatic carbocycles. The zero-order valence-corrected chi connectivity index (χ0v) is 14.9. The smallest absolute Gasteiger partial charge is 0.339 e. The number of hydrogen-bond acceptors (Lipinski definition) is 4. The molecule has 0 radical (unpaired) electrons. The zero-order valence-electron chi connectivity index (χ0n) is 14.9. The van der Waals surface area contributed by atoms with Crippen molar-refractivity contribution in [1.29, 1.82) is 0 Å². The molecule has 138 valence electrons. The standard InChI is InChI=1S/C21H20N2O4/c1-14(20(25)22-12-11-15-7-3-2-4-8-15)27-21(26)17-13-19(24)23-18-10-6-5-9-16(17)18/h2-10,13-14H,11-12H2,1H3,(H,22,25)(H,23,24)/t14-/m0/s1. The summed E-state index contributed by atoms with van der Waals surface area (Å²) in [5.74, 6) is -1.09. The molecule has 2 aromatic carbocycles. The molecule has 0 bridgehead atoms. The summed E-state index contributed by atoms with van der Waals surface area (Å²) in [6, 6.07) is 17.9. The Morgan fingerprint density at radius 2 is 1.78 bits per heavy atom. The van der Waals surface area contributed by atoms with Gasteiger partial charge in [0, 0.05) is 23.5 Å². The number of rotatable bonds is 6. The number of carbonyl (C=O) groups is 2. The largest absolute Gasteiger partial charge is 0.449 e. The number of amides is 1. The van der Waals surface area contributed by atoms with E-state index in [4.69, 9.17) is 4.74 Å². The summed E-state index contributed by atoms with van der Waals surface area (Å²) in [5.41, 5.74) is 1.38. The number of pyridine rings is 1. The van der Waals surface area contributed by atoms with E-state index in [1.807, 2.05) is 30.3 Å². The number of ether oxygens (including phenoxy) is 1. The van der Waals surface area contributed by atoms with Gasteiger partial charge in [-0.25, -0.2) is 4.79 Å². The number of para-hydroxylation sites is 1. The van der Waals surface area contributed by atoms with Crippen LogP contribution in [-0.4, -0.2) is 29.5 Å². The Hall–Kier alpha value is -3.41.